The van der Waals surface area contributed by atoms with Crippen molar-refractivity contribution < 1.29 is 26.3 Å². The molecule has 5 N–H and O–H groups in total. The van der Waals surface area contributed by atoms with E-state index in [1.165, 1.54) is 47.2 Å². The first-order valence-corrected chi connectivity index (χ1v) is 19.1. The zero-order chi connectivity index (χ0) is 37.1. The van der Waals surface area contributed by atoms with Crippen molar-refractivity contribution in [2.24, 2.45) is 5.73 Å². The number of aryl methyl sites for hydroxylation is 2. The molecule has 0 saturated heterocycles. The lowest BCUT2D eigenvalue weighted by Crippen LogP contribution is -2.26. The van der Waals surface area contributed by atoms with Crippen LogP contribution in [0.5, 0.6) is 0 Å². The highest BCUT2D eigenvalue weighted by atomic mass is 35.5. The topological polar surface area (TPSA) is 177 Å². The average molecular weight is 764 g/mol. The summed E-state index contributed by atoms with van der Waals surface area (Å²) in [7, 11) is -7.14. The van der Waals surface area contributed by atoms with E-state index in [0.717, 1.165) is 5.56 Å². The minimum absolute atomic E-state index is 0.159. The van der Waals surface area contributed by atoms with Gasteiger partial charge in [-0.05, 0) is 124 Å². The molecular formula is C35H40Cl2N4O7S2. The van der Waals surface area contributed by atoms with Gasteiger partial charge in [0.25, 0.3) is 0 Å². The van der Waals surface area contributed by atoms with E-state index < -0.39 is 19.7 Å². The number of hydrogen-bond donors (Lipinski definition) is 3. The third kappa shape index (κ3) is 10.5. The maximum absolute atomic E-state index is 12.6. The molecule has 0 spiro atoms. The number of aromatic amines is 1. The third-order valence-corrected chi connectivity index (χ3v) is 11.4. The standard InChI is InChI=1S/C16H13ClN2O3S.C13H12ClNO2S.C6H15NO2/c1-11-10-14(6-7-15(11)17)23(21,22)13-4-2-12(3-5-13)19-9-8-18-16(19)20;1-9-8-12(6-7-13(9)14)18(16,17)11-4-2-10(15)3-5-11;1-3-8-6(5-7)9-4-2/h2-10H,1H3,(H,18,20);2-8H,15H2,1H3;6H,3-5,7H2,1-2H3. The molecule has 0 unspecified atom stereocenters. The number of aromatic nitrogens is 2. The molecule has 15 heteroatoms. The Bertz CT molecular complexity index is 2130. The van der Waals surface area contributed by atoms with Crippen molar-refractivity contribution in [1.82, 2.24) is 9.55 Å². The fourth-order valence-electron chi connectivity index (χ4n) is 4.35. The van der Waals surface area contributed by atoms with Crippen LogP contribution >= 0.6 is 23.2 Å². The predicted octanol–water partition coefficient (Wildman–Crippen LogP) is 6.37. The van der Waals surface area contributed by atoms with Gasteiger partial charge in [-0.15, -0.1) is 0 Å². The van der Waals surface area contributed by atoms with E-state index in [0.29, 0.717) is 46.7 Å². The lowest BCUT2D eigenvalue weighted by atomic mass is 10.2. The van der Waals surface area contributed by atoms with Gasteiger partial charge in [0, 0.05) is 47.9 Å². The highest BCUT2D eigenvalue weighted by Crippen LogP contribution is 2.27. The van der Waals surface area contributed by atoms with Gasteiger partial charge in [0.2, 0.25) is 19.7 Å². The molecule has 268 valence electrons. The molecule has 0 bridgehead atoms. The first-order valence-electron chi connectivity index (χ1n) is 15.3. The molecule has 0 fully saturated rings. The second-order valence-corrected chi connectivity index (χ2v) is 15.3. The van der Waals surface area contributed by atoms with Crippen LogP contribution in [0.15, 0.2) is 122 Å². The van der Waals surface area contributed by atoms with E-state index in [1.54, 1.807) is 68.6 Å². The van der Waals surface area contributed by atoms with Crippen molar-refractivity contribution >= 4 is 48.6 Å². The number of H-pyrrole nitrogens is 1. The fraction of sp³-hybridized carbons (Fsp3) is 0.229. The van der Waals surface area contributed by atoms with Crippen molar-refractivity contribution in [2.75, 3.05) is 25.5 Å². The summed E-state index contributed by atoms with van der Waals surface area (Å²) in [6.45, 7) is 9.10. The summed E-state index contributed by atoms with van der Waals surface area (Å²) in [6.07, 6.45) is 2.89. The summed E-state index contributed by atoms with van der Waals surface area (Å²) in [4.78, 5) is 14.9. The Balaban J connectivity index is 0.000000223. The van der Waals surface area contributed by atoms with Crippen molar-refractivity contribution in [3.8, 4) is 5.69 Å². The number of ether oxygens (including phenoxy) is 2. The van der Waals surface area contributed by atoms with Gasteiger partial charge in [-0.2, -0.15) is 0 Å². The Morgan fingerprint density at radius 1 is 0.720 bits per heavy atom. The molecule has 4 aromatic carbocycles. The van der Waals surface area contributed by atoms with Crippen LogP contribution in [0, 0.1) is 13.8 Å². The van der Waals surface area contributed by atoms with Gasteiger partial charge in [0.15, 0.2) is 6.29 Å². The number of sulfone groups is 2. The predicted molar refractivity (Wildman–Crippen MR) is 197 cm³/mol. The number of nitrogen functional groups attached to an aromatic ring is 1. The van der Waals surface area contributed by atoms with Crippen LogP contribution < -0.4 is 17.2 Å². The quantitative estimate of drug-likeness (QED) is 0.108. The number of hydrogen-bond acceptors (Lipinski definition) is 9. The van der Waals surface area contributed by atoms with E-state index in [2.05, 4.69) is 4.98 Å². The van der Waals surface area contributed by atoms with Crippen molar-refractivity contribution in [1.29, 1.82) is 0 Å². The molecule has 0 saturated carbocycles. The van der Waals surface area contributed by atoms with Gasteiger partial charge in [0.1, 0.15) is 0 Å². The Kier molecular flexibility index (Phi) is 14.8. The summed E-state index contributed by atoms with van der Waals surface area (Å²) >= 11 is 11.8. The summed E-state index contributed by atoms with van der Waals surface area (Å²) in [5.41, 5.74) is 13.1. The Morgan fingerprint density at radius 3 is 1.50 bits per heavy atom. The number of imidazole rings is 1. The lowest BCUT2D eigenvalue weighted by Gasteiger charge is -2.13. The monoisotopic (exact) mass is 762 g/mol. The molecule has 0 radical (unpaired) electrons. The average Bonchev–Trinajstić information content (AvgIpc) is 3.53. The molecule has 11 nitrogen and oxygen atoms in total. The van der Waals surface area contributed by atoms with Crippen LogP contribution in [0.2, 0.25) is 10.0 Å². The zero-order valence-electron chi connectivity index (χ0n) is 28.0. The number of rotatable bonds is 10. The number of nitrogens with one attached hydrogen (secondary N) is 1. The van der Waals surface area contributed by atoms with Crippen molar-refractivity contribution in [2.45, 2.75) is 53.6 Å². The number of nitrogens with zero attached hydrogens (tertiary/aromatic N) is 1. The van der Waals surface area contributed by atoms with Gasteiger partial charge in [-0.25, -0.2) is 21.6 Å². The van der Waals surface area contributed by atoms with Crippen molar-refractivity contribution in [3.05, 3.63) is 129 Å². The Morgan fingerprint density at radius 2 is 1.14 bits per heavy atom. The second kappa shape index (κ2) is 18.3. The molecule has 0 amide bonds. The first-order chi connectivity index (χ1) is 23.6. The molecule has 0 aliphatic heterocycles. The molecule has 50 heavy (non-hydrogen) atoms. The smallest absolute Gasteiger partial charge is 0.330 e. The van der Waals surface area contributed by atoms with Crippen LogP contribution in [0.4, 0.5) is 5.69 Å². The van der Waals surface area contributed by atoms with Crippen molar-refractivity contribution in [3.63, 3.8) is 0 Å². The molecular weight excluding hydrogens is 723 g/mol. The summed E-state index contributed by atoms with van der Waals surface area (Å²) in [5.74, 6) is 0. The van der Waals surface area contributed by atoms with Gasteiger partial charge >= 0.3 is 5.69 Å². The highest BCUT2D eigenvalue weighted by Gasteiger charge is 2.19. The molecule has 5 aromatic rings. The summed E-state index contributed by atoms with van der Waals surface area (Å²) in [5, 5.41) is 1.07. The van der Waals surface area contributed by atoms with Crippen LogP contribution in [0.1, 0.15) is 25.0 Å². The number of benzene rings is 4. The van der Waals surface area contributed by atoms with Crippen LogP contribution in [-0.4, -0.2) is 52.4 Å². The highest BCUT2D eigenvalue weighted by molar-refractivity contribution is 7.91. The van der Waals surface area contributed by atoms with Crippen LogP contribution in [-0.2, 0) is 29.1 Å². The van der Waals surface area contributed by atoms with E-state index in [4.69, 9.17) is 44.1 Å². The Hall–Kier alpha value is -3.95. The third-order valence-electron chi connectivity index (χ3n) is 7.04. The number of anilines is 1. The first kappa shape index (κ1) is 40.5. The maximum atomic E-state index is 12.6. The molecule has 0 atom stereocenters. The minimum Gasteiger partial charge on any atom is -0.399 e. The van der Waals surface area contributed by atoms with Gasteiger partial charge in [-0.3, -0.25) is 4.57 Å². The minimum atomic E-state index is -3.63. The molecule has 1 aromatic heterocycles. The Labute approximate surface area is 302 Å². The van der Waals surface area contributed by atoms with Crippen LogP contribution in [0.3, 0.4) is 0 Å². The van der Waals surface area contributed by atoms with Gasteiger partial charge < -0.3 is 25.9 Å². The zero-order valence-corrected chi connectivity index (χ0v) is 31.1. The normalized spacial score (nSPS) is 11.4. The summed E-state index contributed by atoms with van der Waals surface area (Å²) in [6, 6.07) is 21.5. The number of nitrogens with two attached hydrogens (primary N) is 2. The lowest BCUT2D eigenvalue weighted by molar-refractivity contribution is -0.128. The number of halogens is 2. The summed E-state index contributed by atoms with van der Waals surface area (Å²) < 4.78 is 61.5. The molecule has 5 rings (SSSR count). The molecule has 0 aliphatic rings. The molecule has 0 aliphatic carbocycles. The van der Waals surface area contributed by atoms with E-state index >= 15 is 0 Å². The maximum Gasteiger partial charge on any atom is 0.330 e. The largest absolute Gasteiger partial charge is 0.399 e. The second-order valence-electron chi connectivity index (χ2n) is 10.6. The van der Waals surface area contributed by atoms with Crippen LogP contribution in [0.25, 0.3) is 5.69 Å². The van der Waals surface area contributed by atoms with E-state index in [1.807, 2.05) is 13.8 Å². The fourth-order valence-corrected chi connectivity index (χ4v) is 7.28. The van der Waals surface area contributed by atoms with Gasteiger partial charge in [-0.1, -0.05) is 23.2 Å². The molecule has 1 heterocycles. The van der Waals surface area contributed by atoms with E-state index in [9.17, 15) is 21.6 Å². The van der Waals surface area contributed by atoms with E-state index in [-0.39, 0.29) is 31.6 Å². The SMILES string of the molecule is CCOC(CN)OCC.Cc1cc(S(=O)(=O)c2ccc(-n3cc[nH]c3=O)cc2)ccc1Cl.Cc1cc(S(=O)(=O)c2ccc(N)cc2)ccc1Cl. The van der Waals surface area contributed by atoms with Gasteiger partial charge in [0.05, 0.1) is 25.3 Å².